The normalized spacial score (nSPS) is 16.7. The van der Waals surface area contributed by atoms with Gasteiger partial charge in [-0.25, -0.2) is 0 Å². The number of benzene rings is 1. The second-order valence-electron chi connectivity index (χ2n) is 6.07. The van der Waals surface area contributed by atoms with Crippen molar-refractivity contribution in [3.8, 4) is 5.75 Å². The molecule has 0 heterocycles. The maximum atomic E-state index is 12.3. The zero-order valence-corrected chi connectivity index (χ0v) is 13.1. The molecule has 21 heavy (non-hydrogen) atoms. The topological polar surface area (TPSA) is 55.6 Å². The van der Waals surface area contributed by atoms with Gasteiger partial charge in [0.15, 0.2) is 0 Å². The summed E-state index contributed by atoms with van der Waals surface area (Å²) in [7, 11) is 1.84. The molecule has 1 aromatic rings. The molecular formula is C17H26N2O2. The molecule has 4 heteroatoms. The molecule has 0 aromatic heterocycles. The summed E-state index contributed by atoms with van der Waals surface area (Å²) in [6, 6.07) is 7.89. The summed E-state index contributed by atoms with van der Waals surface area (Å²) >= 11 is 0. The second-order valence-corrected chi connectivity index (χ2v) is 6.07. The van der Waals surface area contributed by atoms with Gasteiger partial charge in [0.1, 0.15) is 5.75 Å². The monoisotopic (exact) mass is 290 g/mol. The van der Waals surface area contributed by atoms with Crippen LogP contribution in [0.5, 0.6) is 5.75 Å². The van der Waals surface area contributed by atoms with E-state index in [2.05, 4.69) is 0 Å². The van der Waals surface area contributed by atoms with Gasteiger partial charge in [0, 0.05) is 25.6 Å². The Balaban J connectivity index is 1.87. The minimum atomic E-state index is -0.274. The maximum absolute atomic E-state index is 12.3. The Morgan fingerprint density at radius 1 is 1.29 bits per heavy atom. The standard InChI is InChI=1S/C17H26N2O2/c1-3-21-15-8-6-14(7-9-15)13-19(2)16(20)12-17(18)10-4-5-11-17/h6-9H,3-5,10-13,18H2,1-2H3. The summed E-state index contributed by atoms with van der Waals surface area (Å²) in [6.07, 6.45) is 4.69. The van der Waals surface area contributed by atoms with Crippen LogP contribution in [0.25, 0.3) is 0 Å². The fourth-order valence-corrected chi connectivity index (χ4v) is 2.91. The van der Waals surface area contributed by atoms with E-state index in [9.17, 15) is 4.79 Å². The average molecular weight is 290 g/mol. The number of amides is 1. The Labute approximate surface area is 127 Å². The highest BCUT2D eigenvalue weighted by Crippen LogP contribution is 2.30. The largest absolute Gasteiger partial charge is 0.494 e. The first kappa shape index (κ1) is 15.8. The number of nitrogens with zero attached hydrogens (tertiary/aromatic N) is 1. The van der Waals surface area contributed by atoms with Gasteiger partial charge < -0.3 is 15.4 Å². The molecule has 1 amide bonds. The lowest BCUT2D eigenvalue weighted by Gasteiger charge is -2.26. The van der Waals surface area contributed by atoms with Crippen molar-refractivity contribution in [3.63, 3.8) is 0 Å². The molecule has 2 rings (SSSR count). The third-order valence-electron chi connectivity index (χ3n) is 4.18. The molecule has 0 unspecified atom stereocenters. The molecule has 1 aliphatic rings. The first-order chi connectivity index (χ1) is 10.0. The quantitative estimate of drug-likeness (QED) is 0.876. The maximum Gasteiger partial charge on any atom is 0.224 e. The zero-order chi connectivity index (χ0) is 15.3. The minimum Gasteiger partial charge on any atom is -0.494 e. The summed E-state index contributed by atoms with van der Waals surface area (Å²) in [6.45, 7) is 3.24. The molecule has 0 saturated heterocycles. The van der Waals surface area contributed by atoms with Crippen molar-refractivity contribution in [2.24, 2.45) is 5.73 Å². The van der Waals surface area contributed by atoms with Gasteiger partial charge in [-0.15, -0.1) is 0 Å². The van der Waals surface area contributed by atoms with Gasteiger partial charge in [0.05, 0.1) is 6.61 Å². The number of ether oxygens (including phenoxy) is 1. The summed E-state index contributed by atoms with van der Waals surface area (Å²) in [5.74, 6) is 0.996. The van der Waals surface area contributed by atoms with Crippen LogP contribution in [0.2, 0.25) is 0 Å². The molecule has 0 radical (unpaired) electrons. The van der Waals surface area contributed by atoms with E-state index in [1.165, 1.54) is 0 Å². The van der Waals surface area contributed by atoms with Crippen molar-refractivity contribution >= 4 is 5.91 Å². The predicted octanol–water partition coefficient (Wildman–Crippen LogP) is 2.71. The molecule has 2 N–H and O–H groups in total. The van der Waals surface area contributed by atoms with E-state index >= 15 is 0 Å². The highest BCUT2D eigenvalue weighted by molar-refractivity contribution is 5.77. The van der Waals surface area contributed by atoms with Gasteiger partial charge in [-0.05, 0) is 37.5 Å². The smallest absolute Gasteiger partial charge is 0.224 e. The lowest BCUT2D eigenvalue weighted by molar-refractivity contribution is -0.131. The van der Waals surface area contributed by atoms with Crippen LogP contribution in [0.1, 0.15) is 44.6 Å². The SMILES string of the molecule is CCOc1ccc(CN(C)C(=O)CC2(N)CCCC2)cc1. The Morgan fingerprint density at radius 2 is 1.90 bits per heavy atom. The Bertz CT molecular complexity index is 464. The van der Waals surface area contributed by atoms with E-state index in [0.717, 1.165) is 37.0 Å². The Hall–Kier alpha value is -1.55. The highest BCUT2D eigenvalue weighted by Gasteiger charge is 2.32. The van der Waals surface area contributed by atoms with E-state index in [-0.39, 0.29) is 11.4 Å². The van der Waals surface area contributed by atoms with Crippen LogP contribution in [0.3, 0.4) is 0 Å². The molecule has 0 aliphatic heterocycles. The molecule has 116 valence electrons. The van der Waals surface area contributed by atoms with Crippen LogP contribution < -0.4 is 10.5 Å². The van der Waals surface area contributed by atoms with Crippen LogP contribution in [-0.2, 0) is 11.3 Å². The summed E-state index contributed by atoms with van der Waals surface area (Å²) in [4.78, 5) is 14.1. The molecule has 1 aromatic carbocycles. The third-order valence-corrected chi connectivity index (χ3v) is 4.18. The Morgan fingerprint density at radius 3 is 2.48 bits per heavy atom. The van der Waals surface area contributed by atoms with Gasteiger partial charge in [-0.3, -0.25) is 4.79 Å². The van der Waals surface area contributed by atoms with E-state index in [1.807, 2.05) is 38.2 Å². The van der Waals surface area contributed by atoms with Gasteiger partial charge >= 0.3 is 0 Å². The summed E-state index contributed by atoms with van der Waals surface area (Å²) in [5, 5.41) is 0. The fourth-order valence-electron chi connectivity index (χ4n) is 2.91. The predicted molar refractivity (Wildman–Crippen MR) is 84.1 cm³/mol. The van der Waals surface area contributed by atoms with E-state index in [0.29, 0.717) is 19.6 Å². The van der Waals surface area contributed by atoms with Crippen molar-refractivity contribution in [2.45, 2.75) is 51.1 Å². The van der Waals surface area contributed by atoms with Crippen molar-refractivity contribution < 1.29 is 9.53 Å². The van der Waals surface area contributed by atoms with Gasteiger partial charge in [0.25, 0.3) is 0 Å². The molecule has 0 spiro atoms. The molecule has 1 fully saturated rings. The van der Waals surface area contributed by atoms with E-state index in [4.69, 9.17) is 10.5 Å². The average Bonchev–Trinajstić information content (AvgIpc) is 2.87. The number of hydrogen-bond acceptors (Lipinski definition) is 3. The van der Waals surface area contributed by atoms with Crippen LogP contribution in [-0.4, -0.2) is 30.0 Å². The van der Waals surface area contributed by atoms with Crippen molar-refractivity contribution in [2.75, 3.05) is 13.7 Å². The fraction of sp³-hybridized carbons (Fsp3) is 0.588. The van der Waals surface area contributed by atoms with Crippen LogP contribution in [0.4, 0.5) is 0 Å². The zero-order valence-electron chi connectivity index (χ0n) is 13.1. The summed E-state index contributed by atoms with van der Waals surface area (Å²) in [5.41, 5.74) is 7.11. The molecule has 4 nitrogen and oxygen atoms in total. The van der Waals surface area contributed by atoms with Crippen LogP contribution in [0.15, 0.2) is 24.3 Å². The number of carbonyl (C=O) groups is 1. The number of hydrogen-bond donors (Lipinski definition) is 1. The van der Waals surface area contributed by atoms with Gasteiger partial charge in [-0.1, -0.05) is 25.0 Å². The van der Waals surface area contributed by atoms with Crippen molar-refractivity contribution in [1.82, 2.24) is 4.90 Å². The van der Waals surface area contributed by atoms with E-state index in [1.54, 1.807) is 4.90 Å². The minimum absolute atomic E-state index is 0.133. The highest BCUT2D eigenvalue weighted by atomic mass is 16.5. The molecule has 1 saturated carbocycles. The van der Waals surface area contributed by atoms with Crippen molar-refractivity contribution in [3.05, 3.63) is 29.8 Å². The summed E-state index contributed by atoms with van der Waals surface area (Å²) < 4.78 is 5.42. The van der Waals surface area contributed by atoms with Crippen LogP contribution >= 0.6 is 0 Å². The lowest BCUT2D eigenvalue weighted by Crippen LogP contribution is -2.42. The second kappa shape index (κ2) is 6.94. The first-order valence-electron chi connectivity index (χ1n) is 7.77. The lowest BCUT2D eigenvalue weighted by atomic mass is 9.94. The number of rotatable bonds is 6. The van der Waals surface area contributed by atoms with Gasteiger partial charge in [0.2, 0.25) is 5.91 Å². The van der Waals surface area contributed by atoms with Crippen LogP contribution in [0, 0.1) is 0 Å². The first-order valence-corrected chi connectivity index (χ1v) is 7.77. The third kappa shape index (κ3) is 4.46. The van der Waals surface area contributed by atoms with Crippen molar-refractivity contribution in [1.29, 1.82) is 0 Å². The van der Waals surface area contributed by atoms with E-state index < -0.39 is 0 Å². The molecule has 1 aliphatic carbocycles. The molecule has 0 atom stereocenters. The molecular weight excluding hydrogens is 264 g/mol. The Kier molecular flexibility index (Phi) is 5.23. The number of nitrogens with two attached hydrogens (primary N) is 1. The molecule has 0 bridgehead atoms. The van der Waals surface area contributed by atoms with Gasteiger partial charge in [-0.2, -0.15) is 0 Å². The number of carbonyl (C=O) groups excluding carboxylic acids is 1.